The first-order chi connectivity index (χ1) is 13.6. The Labute approximate surface area is 172 Å². The molecule has 0 radical (unpaired) electrons. The van der Waals surface area contributed by atoms with Gasteiger partial charge < -0.3 is 10.6 Å². The van der Waals surface area contributed by atoms with Gasteiger partial charge >= 0.3 is 0 Å². The molecule has 0 unspecified atom stereocenters. The van der Waals surface area contributed by atoms with E-state index in [0.29, 0.717) is 23.5 Å². The third-order valence-electron chi connectivity index (χ3n) is 4.22. The summed E-state index contributed by atoms with van der Waals surface area (Å²) in [5.41, 5.74) is 2.31. The molecule has 28 heavy (non-hydrogen) atoms. The van der Waals surface area contributed by atoms with Crippen LogP contribution >= 0.6 is 22.7 Å². The summed E-state index contributed by atoms with van der Waals surface area (Å²) in [6, 6.07) is 11.3. The number of aromatic nitrogens is 1. The first kappa shape index (κ1) is 20.2. The molecule has 1 aromatic carbocycles. The minimum Gasteiger partial charge on any atom is -0.352 e. The Morgan fingerprint density at radius 1 is 1.07 bits per heavy atom. The number of thiazole rings is 1. The summed E-state index contributed by atoms with van der Waals surface area (Å²) in [4.78, 5) is 30.8. The Morgan fingerprint density at radius 3 is 2.54 bits per heavy atom. The third-order valence-corrected chi connectivity index (χ3v) is 6.42. The molecule has 7 heteroatoms. The van der Waals surface area contributed by atoms with E-state index < -0.39 is 0 Å². The molecule has 146 valence electrons. The molecule has 0 fully saturated rings. The van der Waals surface area contributed by atoms with Crippen molar-refractivity contribution in [1.82, 2.24) is 15.6 Å². The summed E-state index contributed by atoms with van der Waals surface area (Å²) in [7, 11) is 0. The number of benzene rings is 1. The lowest BCUT2D eigenvalue weighted by Gasteiger charge is -2.07. The molecule has 2 heterocycles. The number of aryl methyl sites for hydroxylation is 1. The molecule has 0 aliphatic heterocycles. The maximum Gasteiger partial charge on any atom is 0.263 e. The molecule has 0 saturated carbocycles. The smallest absolute Gasteiger partial charge is 0.263 e. The van der Waals surface area contributed by atoms with E-state index in [9.17, 15) is 9.59 Å². The highest BCUT2D eigenvalue weighted by atomic mass is 32.1. The number of nitrogens with one attached hydrogen (secondary N) is 2. The van der Waals surface area contributed by atoms with Gasteiger partial charge in [0.1, 0.15) is 9.88 Å². The largest absolute Gasteiger partial charge is 0.352 e. The molecule has 0 bridgehead atoms. The fourth-order valence-electron chi connectivity index (χ4n) is 2.63. The fraction of sp³-hybridized carbons (Fsp3) is 0.286. The van der Waals surface area contributed by atoms with Crippen molar-refractivity contribution in [2.45, 2.75) is 33.2 Å². The van der Waals surface area contributed by atoms with Gasteiger partial charge in [0.05, 0.1) is 10.6 Å². The molecule has 2 aromatic heterocycles. The fourth-order valence-corrected chi connectivity index (χ4v) is 4.41. The number of amides is 2. The summed E-state index contributed by atoms with van der Waals surface area (Å²) in [5, 5.41) is 8.71. The summed E-state index contributed by atoms with van der Waals surface area (Å²) in [6.45, 7) is 5.04. The monoisotopic (exact) mass is 413 g/mol. The lowest BCUT2D eigenvalue weighted by atomic mass is 10.1. The van der Waals surface area contributed by atoms with Crippen LogP contribution in [0.4, 0.5) is 0 Å². The second-order valence-electron chi connectivity index (χ2n) is 6.40. The maximum atomic E-state index is 12.5. The molecule has 0 aliphatic rings. The Kier molecular flexibility index (Phi) is 6.95. The highest BCUT2D eigenvalue weighted by Crippen LogP contribution is 2.31. The van der Waals surface area contributed by atoms with Crippen molar-refractivity contribution in [3.63, 3.8) is 0 Å². The van der Waals surface area contributed by atoms with Crippen LogP contribution in [-0.4, -0.2) is 23.3 Å². The minimum absolute atomic E-state index is 0.0644. The van der Waals surface area contributed by atoms with Gasteiger partial charge in [-0.25, -0.2) is 4.98 Å². The van der Waals surface area contributed by atoms with E-state index in [2.05, 4.69) is 22.5 Å². The number of carbonyl (C=O) groups is 2. The highest BCUT2D eigenvalue weighted by Gasteiger charge is 2.16. The summed E-state index contributed by atoms with van der Waals surface area (Å²) in [5.74, 6) is -0.190. The highest BCUT2D eigenvalue weighted by molar-refractivity contribution is 7.22. The Bertz CT molecular complexity index is 931. The van der Waals surface area contributed by atoms with Gasteiger partial charge in [0.25, 0.3) is 11.8 Å². The number of nitrogens with zero attached hydrogens (tertiary/aromatic N) is 1. The van der Waals surface area contributed by atoms with Crippen LogP contribution < -0.4 is 10.6 Å². The predicted octanol–water partition coefficient (Wildman–Crippen LogP) is 4.64. The van der Waals surface area contributed by atoms with Gasteiger partial charge in [0.15, 0.2) is 0 Å². The summed E-state index contributed by atoms with van der Waals surface area (Å²) < 4.78 is 0. The molecule has 0 aliphatic carbocycles. The van der Waals surface area contributed by atoms with Gasteiger partial charge in [-0.2, -0.15) is 0 Å². The topological polar surface area (TPSA) is 71.1 Å². The molecule has 2 amide bonds. The van der Waals surface area contributed by atoms with E-state index >= 15 is 0 Å². The number of hydrogen-bond acceptors (Lipinski definition) is 5. The van der Waals surface area contributed by atoms with Crippen LogP contribution in [0.15, 0.2) is 41.8 Å². The average Bonchev–Trinajstić information content (AvgIpc) is 3.36. The zero-order valence-corrected chi connectivity index (χ0v) is 17.6. The van der Waals surface area contributed by atoms with E-state index in [1.165, 1.54) is 11.3 Å². The van der Waals surface area contributed by atoms with Crippen molar-refractivity contribution in [1.29, 1.82) is 0 Å². The Balaban J connectivity index is 1.57. The second kappa shape index (κ2) is 9.61. The minimum atomic E-state index is -0.126. The number of hydrogen-bond donors (Lipinski definition) is 2. The first-order valence-corrected chi connectivity index (χ1v) is 10.9. The van der Waals surface area contributed by atoms with Gasteiger partial charge in [-0.15, -0.1) is 22.7 Å². The van der Waals surface area contributed by atoms with E-state index in [-0.39, 0.29) is 11.8 Å². The van der Waals surface area contributed by atoms with Crippen LogP contribution in [0.1, 0.15) is 51.1 Å². The van der Waals surface area contributed by atoms with Gasteiger partial charge in [-0.05, 0) is 42.5 Å². The lowest BCUT2D eigenvalue weighted by Crippen LogP contribution is -2.24. The molecule has 0 spiro atoms. The van der Waals surface area contributed by atoms with Crippen molar-refractivity contribution in [2.24, 2.45) is 0 Å². The molecule has 2 N–H and O–H groups in total. The zero-order chi connectivity index (χ0) is 19.9. The van der Waals surface area contributed by atoms with Crippen molar-refractivity contribution < 1.29 is 9.59 Å². The summed E-state index contributed by atoms with van der Waals surface area (Å²) in [6.07, 6.45) is 2.02. The number of unbranched alkanes of at least 4 members (excludes halogenated alkanes) is 1. The third kappa shape index (κ3) is 5.05. The van der Waals surface area contributed by atoms with Gasteiger partial charge in [0, 0.05) is 18.7 Å². The number of thiophene rings is 1. The SMILES string of the molecule is CCCCNC(=O)c1ccc(CNC(=O)c2sc(-c3cccs3)nc2C)cc1. The van der Waals surface area contributed by atoms with Crippen molar-refractivity contribution >= 4 is 34.5 Å². The van der Waals surface area contributed by atoms with E-state index in [0.717, 1.165) is 34.0 Å². The van der Waals surface area contributed by atoms with Crippen LogP contribution in [-0.2, 0) is 6.54 Å². The number of rotatable bonds is 8. The molecular weight excluding hydrogens is 390 g/mol. The molecule has 0 saturated heterocycles. The van der Waals surface area contributed by atoms with Gasteiger partial charge in [-0.1, -0.05) is 31.5 Å². The first-order valence-electron chi connectivity index (χ1n) is 9.25. The molecule has 3 aromatic rings. The molecule has 3 rings (SSSR count). The van der Waals surface area contributed by atoms with Crippen molar-refractivity contribution in [2.75, 3.05) is 6.54 Å². The van der Waals surface area contributed by atoms with Gasteiger partial charge in [0.2, 0.25) is 0 Å². The lowest BCUT2D eigenvalue weighted by molar-refractivity contribution is 0.0944. The Hall–Kier alpha value is -2.51. The van der Waals surface area contributed by atoms with E-state index in [4.69, 9.17) is 0 Å². The van der Waals surface area contributed by atoms with Crippen LogP contribution in [0, 0.1) is 6.92 Å². The standard InChI is InChI=1S/C21H23N3O2S2/c1-3-4-11-22-19(25)16-9-7-15(8-10-16)13-23-20(26)18-14(2)24-21(28-18)17-6-5-12-27-17/h5-10,12H,3-4,11,13H2,1-2H3,(H,22,25)(H,23,26). The second-order valence-corrected chi connectivity index (χ2v) is 8.35. The van der Waals surface area contributed by atoms with Crippen LogP contribution in [0.25, 0.3) is 9.88 Å². The van der Waals surface area contributed by atoms with Crippen molar-refractivity contribution in [3.8, 4) is 9.88 Å². The van der Waals surface area contributed by atoms with E-state index in [1.807, 2.05) is 36.6 Å². The number of carbonyl (C=O) groups excluding carboxylic acids is 2. The average molecular weight is 414 g/mol. The molecular formula is C21H23N3O2S2. The van der Waals surface area contributed by atoms with Gasteiger partial charge in [-0.3, -0.25) is 9.59 Å². The van der Waals surface area contributed by atoms with Crippen LogP contribution in [0.3, 0.4) is 0 Å². The molecule has 5 nitrogen and oxygen atoms in total. The normalized spacial score (nSPS) is 10.6. The zero-order valence-electron chi connectivity index (χ0n) is 16.0. The van der Waals surface area contributed by atoms with Crippen molar-refractivity contribution in [3.05, 3.63) is 63.5 Å². The quantitative estimate of drug-likeness (QED) is 0.529. The Morgan fingerprint density at radius 2 is 1.86 bits per heavy atom. The molecule has 0 atom stereocenters. The van der Waals surface area contributed by atoms with Crippen LogP contribution in [0.2, 0.25) is 0 Å². The predicted molar refractivity (Wildman–Crippen MR) is 115 cm³/mol. The van der Waals surface area contributed by atoms with E-state index in [1.54, 1.807) is 23.5 Å². The summed E-state index contributed by atoms with van der Waals surface area (Å²) >= 11 is 3.02. The maximum absolute atomic E-state index is 12.5. The van der Waals surface area contributed by atoms with Crippen LogP contribution in [0.5, 0.6) is 0 Å².